The van der Waals surface area contributed by atoms with Crippen LogP contribution in [0.15, 0.2) is 217 Å². The Balaban J connectivity index is 1.04. The third-order valence-corrected chi connectivity index (χ3v) is 12.2. The molecule has 0 atom stereocenters. The summed E-state index contributed by atoms with van der Waals surface area (Å²) in [6.07, 6.45) is 0. The molecule has 1 aliphatic carbocycles. The number of pyridine rings is 1. The van der Waals surface area contributed by atoms with Gasteiger partial charge >= 0.3 is 0 Å². The van der Waals surface area contributed by atoms with Gasteiger partial charge in [-0.2, -0.15) is 0 Å². The molecule has 60 heavy (non-hydrogen) atoms. The van der Waals surface area contributed by atoms with Crippen LogP contribution in [0.25, 0.3) is 89.1 Å². The monoisotopic (exact) mass is 765 g/mol. The fourth-order valence-electron chi connectivity index (χ4n) is 9.59. The fourth-order valence-corrected chi connectivity index (χ4v) is 9.59. The Morgan fingerprint density at radius 1 is 0.367 bits per heavy atom. The topological polar surface area (TPSA) is 51.8 Å². The van der Waals surface area contributed by atoms with Crippen molar-refractivity contribution in [3.63, 3.8) is 0 Å². The summed E-state index contributed by atoms with van der Waals surface area (Å²) in [7, 11) is 0. The van der Waals surface area contributed by atoms with Crippen LogP contribution in [0.3, 0.4) is 0 Å². The molecule has 0 fully saturated rings. The minimum atomic E-state index is -0.546. The van der Waals surface area contributed by atoms with Crippen molar-refractivity contribution in [1.29, 1.82) is 0 Å². The van der Waals surface area contributed by atoms with E-state index < -0.39 is 5.41 Å². The molecule has 4 heteroatoms. The highest BCUT2D eigenvalue weighted by molar-refractivity contribution is 6.12. The van der Waals surface area contributed by atoms with Gasteiger partial charge in [0.2, 0.25) is 0 Å². The first-order valence-corrected chi connectivity index (χ1v) is 20.4. The second kappa shape index (κ2) is 13.6. The van der Waals surface area contributed by atoms with E-state index in [-0.39, 0.29) is 0 Å². The number of para-hydroxylation sites is 1. The summed E-state index contributed by atoms with van der Waals surface area (Å²) in [5.41, 5.74) is 14.8. The number of nitrogens with zero attached hydrogens (tertiary/aromatic N) is 3. The lowest BCUT2D eigenvalue weighted by atomic mass is 9.67. The quantitative estimate of drug-likeness (QED) is 0.169. The molecule has 0 bridgehead atoms. The standard InChI is InChI=1S/C56H35N3O/c1-4-17-36(18-5-1)47-35-48(44-27-16-30-50-51(44)45-26-13-15-29-49(45)60-50)58-55(57-47)38-33-31-37(32-34-38)53-42-24-11-10-23-41(42)52-54(59-53)43-25-12-14-28-46(43)56(52,39-19-6-2-7-20-39)40-21-8-3-9-22-40/h1-35H. The maximum Gasteiger partial charge on any atom is 0.160 e. The van der Waals surface area contributed by atoms with Crippen LogP contribution in [-0.2, 0) is 5.41 Å². The van der Waals surface area contributed by atoms with E-state index in [2.05, 4.69) is 170 Å². The van der Waals surface area contributed by atoms with Crippen molar-refractivity contribution < 1.29 is 4.42 Å². The second-order valence-corrected chi connectivity index (χ2v) is 15.4. The van der Waals surface area contributed by atoms with Crippen LogP contribution in [-0.4, -0.2) is 15.0 Å². The second-order valence-electron chi connectivity index (χ2n) is 15.4. The molecule has 0 amide bonds. The molecule has 0 N–H and O–H groups in total. The first-order valence-electron chi connectivity index (χ1n) is 20.4. The third kappa shape index (κ3) is 5.14. The van der Waals surface area contributed by atoms with Gasteiger partial charge < -0.3 is 4.42 Å². The van der Waals surface area contributed by atoms with Crippen LogP contribution < -0.4 is 0 Å². The van der Waals surface area contributed by atoms with Gasteiger partial charge in [0.25, 0.3) is 0 Å². The minimum Gasteiger partial charge on any atom is -0.456 e. The van der Waals surface area contributed by atoms with Crippen molar-refractivity contribution in [2.45, 2.75) is 5.41 Å². The zero-order valence-electron chi connectivity index (χ0n) is 32.5. The summed E-state index contributed by atoms with van der Waals surface area (Å²) >= 11 is 0. The molecular formula is C56H35N3O. The zero-order chi connectivity index (χ0) is 39.6. The molecule has 0 saturated heterocycles. The Kier molecular flexibility index (Phi) is 7.72. The molecule has 0 unspecified atom stereocenters. The van der Waals surface area contributed by atoms with Crippen LogP contribution in [0.5, 0.6) is 0 Å². The lowest BCUT2D eigenvalue weighted by Gasteiger charge is -2.34. The van der Waals surface area contributed by atoms with Crippen molar-refractivity contribution >= 4 is 32.7 Å². The van der Waals surface area contributed by atoms with E-state index in [4.69, 9.17) is 19.4 Å². The normalized spacial score (nSPS) is 12.8. The summed E-state index contributed by atoms with van der Waals surface area (Å²) in [4.78, 5) is 16.1. The summed E-state index contributed by atoms with van der Waals surface area (Å²) in [6, 6.07) is 74.8. The molecule has 12 rings (SSSR count). The molecule has 3 aromatic heterocycles. The van der Waals surface area contributed by atoms with Crippen LogP contribution in [0, 0.1) is 0 Å². The number of fused-ring (bicyclic) bond motifs is 8. The van der Waals surface area contributed by atoms with Crippen molar-refractivity contribution in [3.8, 4) is 56.4 Å². The van der Waals surface area contributed by atoms with Crippen molar-refractivity contribution in [2.75, 3.05) is 0 Å². The van der Waals surface area contributed by atoms with Gasteiger partial charge in [0.05, 0.1) is 28.2 Å². The summed E-state index contributed by atoms with van der Waals surface area (Å²) in [6.45, 7) is 0. The lowest BCUT2D eigenvalue weighted by molar-refractivity contribution is 0.669. The van der Waals surface area contributed by atoms with Gasteiger partial charge in [-0.05, 0) is 40.3 Å². The molecule has 280 valence electrons. The van der Waals surface area contributed by atoms with Crippen LogP contribution in [0.2, 0.25) is 0 Å². The minimum absolute atomic E-state index is 0.546. The van der Waals surface area contributed by atoms with Crippen LogP contribution >= 0.6 is 0 Å². The molecule has 11 aromatic rings. The molecule has 1 aliphatic rings. The molecule has 4 nitrogen and oxygen atoms in total. The van der Waals surface area contributed by atoms with Crippen molar-refractivity contribution in [3.05, 3.63) is 235 Å². The number of aromatic nitrogens is 3. The number of rotatable bonds is 6. The SMILES string of the molecule is c1ccc(-c2cc(-c3cccc4oc5ccccc5c34)nc(-c3ccc(-c4nc5c(c6ccccc46)C(c4ccccc4)(c4ccccc4)c4ccccc4-5)cc3)n2)cc1. The lowest BCUT2D eigenvalue weighted by Crippen LogP contribution is -2.29. The average molecular weight is 766 g/mol. The van der Waals surface area contributed by atoms with Crippen molar-refractivity contribution in [1.82, 2.24) is 15.0 Å². The Morgan fingerprint density at radius 3 is 1.68 bits per heavy atom. The van der Waals surface area contributed by atoms with E-state index in [9.17, 15) is 0 Å². The van der Waals surface area contributed by atoms with Crippen LogP contribution in [0.1, 0.15) is 22.3 Å². The van der Waals surface area contributed by atoms with Crippen molar-refractivity contribution in [2.24, 2.45) is 0 Å². The van der Waals surface area contributed by atoms with Gasteiger partial charge in [0.15, 0.2) is 5.82 Å². The van der Waals surface area contributed by atoms with E-state index >= 15 is 0 Å². The smallest absolute Gasteiger partial charge is 0.160 e. The summed E-state index contributed by atoms with van der Waals surface area (Å²) in [5, 5.41) is 4.41. The van der Waals surface area contributed by atoms with E-state index in [1.807, 2.05) is 42.5 Å². The Morgan fingerprint density at radius 2 is 0.933 bits per heavy atom. The molecule has 3 heterocycles. The van der Waals surface area contributed by atoms with E-state index in [1.54, 1.807) is 0 Å². The maximum atomic E-state index is 6.28. The van der Waals surface area contributed by atoms with E-state index in [1.165, 1.54) is 27.6 Å². The average Bonchev–Trinajstić information content (AvgIpc) is 3.86. The van der Waals surface area contributed by atoms with Gasteiger partial charge in [-0.15, -0.1) is 0 Å². The third-order valence-electron chi connectivity index (χ3n) is 12.2. The Bertz CT molecular complexity index is 3370. The first-order chi connectivity index (χ1) is 29.8. The first kappa shape index (κ1) is 34.1. The van der Waals surface area contributed by atoms with E-state index in [0.717, 1.165) is 77.9 Å². The molecule has 0 radical (unpaired) electrons. The fraction of sp³-hybridized carbons (Fsp3) is 0.0179. The number of benzene rings is 8. The predicted octanol–water partition coefficient (Wildman–Crippen LogP) is 14.0. The highest BCUT2D eigenvalue weighted by Crippen LogP contribution is 2.58. The number of hydrogen-bond acceptors (Lipinski definition) is 4. The Hall–Kier alpha value is -7.95. The van der Waals surface area contributed by atoms with E-state index in [0.29, 0.717) is 5.82 Å². The molecule has 0 saturated carbocycles. The molecular weight excluding hydrogens is 731 g/mol. The van der Waals surface area contributed by atoms with Gasteiger partial charge in [-0.3, -0.25) is 0 Å². The van der Waals surface area contributed by atoms with Gasteiger partial charge in [0.1, 0.15) is 11.2 Å². The maximum absolute atomic E-state index is 6.28. The summed E-state index contributed by atoms with van der Waals surface area (Å²) in [5.74, 6) is 0.652. The van der Waals surface area contributed by atoms with Crippen LogP contribution in [0.4, 0.5) is 0 Å². The number of furan rings is 1. The highest BCUT2D eigenvalue weighted by atomic mass is 16.3. The molecule has 0 spiro atoms. The predicted molar refractivity (Wildman–Crippen MR) is 244 cm³/mol. The highest BCUT2D eigenvalue weighted by Gasteiger charge is 2.48. The zero-order valence-corrected chi connectivity index (χ0v) is 32.5. The molecule has 0 aliphatic heterocycles. The molecule has 8 aromatic carbocycles. The summed E-state index contributed by atoms with van der Waals surface area (Å²) < 4.78 is 6.28. The van der Waals surface area contributed by atoms with Gasteiger partial charge in [-0.1, -0.05) is 194 Å². The number of hydrogen-bond donors (Lipinski definition) is 0. The van der Waals surface area contributed by atoms with Gasteiger partial charge in [-0.25, -0.2) is 15.0 Å². The van der Waals surface area contributed by atoms with Gasteiger partial charge in [0, 0.05) is 49.5 Å². The Labute approximate surface area is 347 Å². The largest absolute Gasteiger partial charge is 0.456 e.